The highest BCUT2D eigenvalue weighted by Crippen LogP contribution is 2.48. The van der Waals surface area contributed by atoms with E-state index in [2.05, 4.69) is 72.8 Å². The van der Waals surface area contributed by atoms with Gasteiger partial charge in [0, 0.05) is 33.5 Å². The third kappa shape index (κ3) is 6.50. The third-order valence-corrected chi connectivity index (χ3v) is 16.6. The number of rotatable bonds is 11. The van der Waals surface area contributed by atoms with Crippen molar-refractivity contribution in [3.05, 3.63) is 205 Å². The molecule has 0 radical (unpaired) electrons. The van der Waals surface area contributed by atoms with Crippen LogP contribution in [0.4, 0.5) is 0 Å². The Hall–Kier alpha value is -5.26. The van der Waals surface area contributed by atoms with Crippen LogP contribution in [0.5, 0.6) is 0 Å². The lowest BCUT2D eigenvalue weighted by Gasteiger charge is -2.24. The van der Waals surface area contributed by atoms with Crippen LogP contribution in [0.2, 0.25) is 0 Å². The van der Waals surface area contributed by atoms with Gasteiger partial charge in [-0.3, -0.25) is 0 Å². The molecule has 0 aliphatic heterocycles. The zero-order chi connectivity index (χ0) is 35.4. The minimum absolute atomic E-state index is 0.504. The van der Waals surface area contributed by atoms with Crippen molar-refractivity contribution >= 4 is 57.0 Å². The zero-order valence-electron chi connectivity index (χ0n) is 29.0. The summed E-state index contributed by atoms with van der Waals surface area (Å²) in [5.41, 5.74) is 4.68. The van der Waals surface area contributed by atoms with Gasteiger partial charge in [-0.05, 0) is 56.6 Å². The molecule has 0 spiro atoms. The molecule has 0 unspecified atom stereocenters. The number of hydrogen-bond donors (Lipinski definition) is 0. The van der Waals surface area contributed by atoms with Gasteiger partial charge in [-0.25, -0.2) is 0 Å². The zero-order valence-corrected chi connectivity index (χ0v) is 30.8. The van der Waals surface area contributed by atoms with Crippen molar-refractivity contribution in [2.45, 2.75) is 12.8 Å². The number of hydrogen-bond acceptors (Lipinski definition) is 2. The van der Waals surface area contributed by atoms with Crippen molar-refractivity contribution in [1.82, 2.24) is 0 Å². The summed E-state index contributed by atoms with van der Waals surface area (Å²) in [5, 5.41) is 8.18. The lowest BCUT2D eigenvalue weighted by Crippen LogP contribution is -2.20. The first kappa shape index (κ1) is 33.9. The van der Waals surface area contributed by atoms with E-state index in [1.165, 1.54) is 21.9 Å². The summed E-state index contributed by atoms with van der Waals surface area (Å²) in [6, 6.07) is 65.9. The van der Waals surface area contributed by atoms with Crippen molar-refractivity contribution in [2.24, 2.45) is 0 Å². The monoisotopic (exact) mass is 710 g/mol. The maximum Gasteiger partial charge on any atom is 0.143 e. The fraction of sp³-hybridized carbons (Fsp3) is 0.0833. The van der Waals surface area contributed by atoms with Crippen LogP contribution in [0.25, 0.3) is 32.7 Å². The highest BCUT2D eigenvalue weighted by Gasteiger charge is 2.30. The molecule has 0 aliphatic carbocycles. The SMILES string of the molecule is O=P(CCc1ccc2ccccc2c1-c1c(CCP(=O)(c2ccccc2)c2ccccc2)ccc2ccccc12)(c1ccccc1)c1ccccc1. The van der Waals surface area contributed by atoms with Gasteiger partial charge in [0.2, 0.25) is 0 Å². The highest BCUT2D eigenvalue weighted by atomic mass is 31.2. The Labute approximate surface area is 306 Å². The molecule has 0 heterocycles. The van der Waals surface area contributed by atoms with E-state index in [0.717, 1.165) is 43.1 Å². The topological polar surface area (TPSA) is 34.1 Å². The van der Waals surface area contributed by atoms with Crippen LogP contribution in [0, 0.1) is 0 Å². The van der Waals surface area contributed by atoms with E-state index in [1.54, 1.807) is 0 Å². The molecule has 0 N–H and O–H groups in total. The van der Waals surface area contributed by atoms with E-state index in [0.29, 0.717) is 25.2 Å². The Morgan fingerprint density at radius 3 is 0.923 bits per heavy atom. The second-order valence-corrected chi connectivity index (χ2v) is 19.3. The summed E-state index contributed by atoms with van der Waals surface area (Å²) >= 11 is 0. The van der Waals surface area contributed by atoms with Crippen molar-refractivity contribution in [2.75, 3.05) is 12.3 Å². The van der Waals surface area contributed by atoms with Gasteiger partial charge in [0.05, 0.1) is 0 Å². The minimum atomic E-state index is -2.96. The third-order valence-electron chi connectivity index (χ3n) is 10.4. The van der Waals surface area contributed by atoms with Crippen molar-refractivity contribution in [1.29, 1.82) is 0 Å². The van der Waals surface area contributed by atoms with Crippen LogP contribution < -0.4 is 21.2 Å². The molecule has 0 aromatic heterocycles. The van der Waals surface area contributed by atoms with Gasteiger partial charge in [0.15, 0.2) is 0 Å². The number of aryl methyl sites for hydroxylation is 2. The van der Waals surface area contributed by atoms with Crippen molar-refractivity contribution in [3.63, 3.8) is 0 Å². The average molecular weight is 711 g/mol. The molecular weight excluding hydrogens is 670 g/mol. The van der Waals surface area contributed by atoms with E-state index in [1.807, 2.05) is 121 Å². The average Bonchev–Trinajstić information content (AvgIpc) is 3.23. The van der Waals surface area contributed by atoms with Gasteiger partial charge in [-0.1, -0.05) is 194 Å². The molecule has 0 saturated heterocycles. The molecule has 0 amide bonds. The smallest absolute Gasteiger partial charge is 0.143 e. The highest BCUT2D eigenvalue weighted by molar-refractivity contribution is 7.79. The summed E-state index contributed by atoms with van der Waals surface area (Å²) in [6.45, 7) is 0. The molecule has 0 saturated carbocycles. The van der Waals surface area contributed by atoms with Crippen LogP contribution in [0.3, 0.4) is 0 Å². The van der Waals surface area contributed by atoms with Crippen LogP contribution in [-0.4, -0.2) is 12.3 Å². The van der Waals surface area contributed by atoms with Gasteiger partial charge in [0.1, 0.15) is 14.3 Å². The molecule has 8 aromatic rings. The molecule has 8 rings (SSSR count). The van der Waals surface area contributed by atoms with Crippen LogP contribution in [0.1, 0.15) is 11.1 Å². The summed E-state index contributed by atoms with van der Waals surface area (Å²) in [6.07, 6.45) is 2.28. The molecule has 0 bridgehead atoms. The molecule has 2 nitrogen and oxygen atoms in total. The Bertz CT molecular complexity index is 2300. The maximum atomic E-state index is 15.2. The Morgan fingerprint density at radius 1 is 0.308 bits per heavy atom. The molecule has 254 valence electrons. The van der Waals surface area contributed by atoms with E-state index in [4.69, 9.17) is 0 Å². The quantitative estimate of drug-likeness (QED) is 0.125. The predicted octanol–water partition coefficient (Wildman–Crippen LogP) is 10.8. The van der Waals surface area contributed by atoms with Crippen LogP contribution in [-0.2, 0) is 22.0 Å². The fourth-order valence-corrected chi connectivity index (χ4v) is 13.0. The maximum absolute atomic E-state index is 15.2. The van der Waals surface area contributed by atoms with E-state index in [-0.39, 0.29) is 0 Å². The normalized spacial score (nSPS) is 11.9. The Morgan fingerprint density at radius 2 is 0.596 bits per heavy atom. The van der Waals surface area contributed by atoms with Gasteiger partial charge >= 0.3 is 0 Å². The van der Waals surface area contributed by atoms with Gasteiger partial charge in [-0.2, -0.15) is 0 Å². The number of fused-ring (bicyclic) bond motifs is 2. The Kier molecular flexibility index (Phi) is 9.62. The van der Waals surface area contributed by atoms with E-state index < -0.39 is 14.3 Å². The molecule has 8 aromatic carbocycles. The molecule has 0 aliphatic rings. The van der Waals surface area contributed by atoms with Gasteiger partial charge < -0.3 is 9.13 Å². The largest absolute Gasteiger partial charge is 0.314 e. The lowest BCUT2D eigenvalue weighted by atomic mass is 9.86. The van der Waals surface area contributed by atoms with Gasteiger partial charge in [0.25, 0.3) is 0 Å². The molecule has 0 fully saturated rings. The summed E-state index contributed by atoms with van der Waals surface area (Å²) in [5.74, 6) is 0. The first-order valence-corrected chi connectivity index (χ1v) is 21.8. The number of benzene rings is 8. The predicted molar refractivity (Wildman–Crippen MR) is 224 cm³/mol. The van der Waals surface area contributed by atoms with Crippen molar-refractivity contribution < 1.29 is 9.13 Å². The lowest BCUT2D eigenvalue weighted by molar-refractivity contribution is 0.585. The second-order valence-electron chi connectivity index (χ2n) is 13.4. The fourth-order valence-electron chi connectivity index (χ4n) is 7.69. The van der Waals surface area contributed by atoms with Gasteiger partial charge in [-0.15, -0.1) is 0 Å². The first-order valence-electron chi connectivity index (χ1n) is 18.0. The molecular formula is C48H40O2P2. The molecule has 0 atom stereocenters. The first-order chi connectivity index (χ1) is 25.5. The van der Waals surface area contributed by atoms with E-state index in [9.17, 15) is 0 Å². The minimum Gasteiger partial charge on any atom is -0.314 e. The van der Waals surface area contributed by atoms with Crippen molar-refractivity contribution in [3.8, 4) is 11.1 Å². The second kappa shape index (κ2) is 14.8. The Balaban J connectivity index is 1.28. The van der Waals surface area contributed by atoms with E-state index >= 15 is 9.13 Å². The molecule has 52 heavy (non-hydrogen) atoms. The standard InChI is InChI=1S/C48H40O2P2/c49-51(41-19-5-1-6-20-41,42-21-7-2-8-22-42)35-33-39-31-29-37-17-13-15-27-45(37)47(39)48-40(32-30-38-18-14-16-28-46(38)48)34-36-52(50,43-23-9-3-10-24-43)44-25-11-4-12-26-44/h1-32H,33-36H2. The van der Waals surface area contributed by atoms with Crippen LogP contribution >= 0.6 is 14.3 Å². The summed E-state index contributed by atoms with van der Waals surface area (Å²) in [4.78, 5) is 0. The summed E-state index contributed by atoms with van der Waals surface area (Å²) in [7, 11) is -5.92. The summed E-state index contributed by atoms with van der Waals surface area (Å²) < 4.78 is 30.5. The van der Waals surface area contributed by atoms with Crippen LogP contribution in [0.15, 0.2) is 194 Å². The molecule has 4 heteroatoms.